The van der Waals surface area contributed by atoms with Crippen LogP contribution in [-0.2, 0) is 12.7 Å². The van der Waals surface area contributed by atoms with Gasteiger partial charge >= 0.3 is 0 Å². The molecule has 0 atom stereocenters. The summed E-state index contributed by atoms with van der Waals surface area (Å²) in [6.07, 6.45) is 1.46. The van der Waals surface area contributed by atoms with Gasteiger partial charge in [-0.2, -0.15) is 24.1 Å². The van der Waals surface area contributed by atoms with Crippen LogP contribution in [0.3, 0.4) is 0 Å². The zero-order valence-corrected chi connectivity index (χ0v) is 13.1. The number of aryl methyl sites for hydroxylation is 1. The first kappa shape index (κ1) is 12.3. The van der Waals surface area contributed by atoms with E-state index < -0.39 is 0 Å². The SMILES string of the molecule is [2H]Cc1c(C)cc([CH2-])c(C[B])c1CC.[U]. The van der Waals surface area contributed by atoms with E-state index in [9.17, 15) is 0 Å². The summed E-state index contributed by atoms with van der Waals surface area (Å²) in [5.74, 6) is 0. The van der Waals surface area contributed by atoms with Crippen molar-refractivity contribution in [3.63, 3.8) is 0 Å². The number of benzene rings is 1. The summed E-state index contributed by atoms with van der Waals surface area (Å²) < 4.78 is 7.51. The molecule has 0 amide bonds. The molecular formula is C12H16BU-. The summed E-state index contributed by atoms with van der Waals surface area (Å²) in [4.78, 5) is 0. The van der Waals surface area contributed by atoms with Crippen molar-refractivity contribution in [3.05, 3.63) is 40.8 Å². The van der Waals surface area contributed by atoms with Crippen LogP contribution in [0.2, 0.25) is 0 Å². The van der Waals surface area contributed by atoms with Crippen LogP contribution in [-0.4, -0.2) is 7.85 Å². The summed E-state index contributed by atoms with van der Waals surface area (Å²) in [7, 11) is 5.70. The van der Waals surface area contributed by atoms with E-state index in [0.29, 0.717) is 13.2 Å². The summed E-state index contributed by atoms with van der Waals surface area (Å²) in [6.45, 7) is 8.47. The van der Waals surface area contributed by atoms with Crippen molar-refractivity contribution in [1.82, 2.24) is 0 Å². The van der Waals surface area contributed by atoms with Crippen LogP contribution in [0.5, 0.6) is 0 Å². The van der Waals surface area contributed by atoms with Gasteiger partial charge in [0.15, 0.2) is 0 Å². The standard InChI is InChI=1S/C12H16B.U/c1-5-11-10(4)8(2)6-9(3)12(11)7-13;/h6H,3,5,7H2,1-2,4H3;/q-1;/i4D;. The van der Waals surface area contributed by atoms with E-state index in [1.165, 1.54) is 11.1 Å². The van der Waals surface area contributed by atoms with Gasteiger partial charge in [0.05, 0.1) is 7.85 Å². The fourth-order valence-electron chi connectivity index (χ4n) is 1.73. The maximum Gasteiger partial charge on any atom is 0.0550 e. The maximum atomic E-state index is 7.51. The second kappa shape index (κ2) is 5.94. The molecule has 1 aromatic carbocycles. The Morgan fingerprint density at radius 2 is 2.14 bits per heavy atom. The monoisotopic (exact) mass is 410 g/mol. The Kier molecular flexibility index (Phi) is 5.21. The van der Waals surface area contributed by atoms with Crippen molar-refractivity contribution in [3.8, 4) is 0 Å². The minimum Gasteiger partial charge on any atom is -0.198 e. The van der Waals surface area contributed by atoms with Crippen molar-refractivity contribution in [1.29, 1.82) is 0 Å². The fraction of sp³-hybridized carbons (Fsp3) is 0.417. The van der Waals surface area contributed by atoms with Gasteiger partial charge in [-0.15, -0.1) is 11.9 Å². The van der Waals surface area contributed by atoms with Gasteiger partial charge in [-0.3, -0.25) is 0 Å². The zero-order chi connectivity index (χ0) is 10.7. The maximum absolute atomic E-state index is 7.51. The van der Waals surface area contributed by atoms with Crippen molar-refractivity contribution in [2.75, 3.05) is 0 Å². The van der Waals surface area contributed by atoms with Gasteiger partial charge < -0.3 is 0 Å². The number of rotatable bonds is 2. The third-order valence-corrected chi connectivity index (χ3v) is 2.54. The molecule has 0 aliphatic carbocycles. The Hall–Kier alpha value is 0.207. The van der Waals surface area contributed by atoms with E-state index in [1.54, 1.807) is 0 Å². The smallest absolute Gasteiger partial charge is 0.0550 e. The molecule has 0 heterocycles. The molecule has 0 fully saturated rings. The van der Waals surface area contributed by atoms with E-state index in [1.807, 2.05) is 13.0 Å². The molecule has 0 N–H and O–H groups in total. The van der Waals surface area contributed by atoms with Crippen LogP contribution in [0.15, 0.2) is 6.07 Å². The molecule has 1 rings (SSSR count). The van der Waals surface area contributed by atoms with Crippen LogP contribution in [0.4, 0.5) is 0 Å². The summed E-state index contributed by atoms with van der Waals surface area (Å²) >= 11 is 0. The Labute approximate surface area is 114 Å². The number of hydrogen-bond acceptors (Lipinski definition) is 0. The Morgan fingerprint density at radius 1 is 1.50 bits per heavy atom. The first-order valence-electron chi connectivity index (χ1n) is 5.31. The molecule has 14 heavy (non-hydrogen) atoms. The first-order valence-corrected chi connectivity index (χ1v) is 4.61. The van der Waals surface area contributed by atoms with E-state index in [4.69, 9.17) is 9.22 Å². The second-order valence-electron chi connectivity index (χ2n) is 3.35. The van der Waals surface area contributed by atoms with Crippen molar-refractivity contribution in [2.45, 2.75) is 33.5 Å². The van der Waals surface area contributed by atoms with E-state index in [2.05, 4.69) is 13.8 Å². The zero-order valence-electron chi connectivity index (χ0n) is 9.98. The normalized spacial score (nSPS) is 10.6. The Morgan fingerprint density at radius 3 is 2.57 bits per heavy atom. The van der Waals surface area contributed by atoms with Crippen LogP contribution >= 0.6 is 0 Å². The van der Waals surface area contributed by atoms with Crippen molar-refractivity contribution >= 4 is 7.85 Å². The van der Waals surface area contributed by atoms with Crippen LogP contribution in [0, 0.1) is 51.9 Å². The van der Waals surface area contributed by atoms with Gasteiger partial charge in [0, 0.05) is 32.5 Å². The van der Waals surface area contributed by atoms with Gasteiger partial charge in [0.25, 0.3) is 0 Å². The molecule has 0 aliphatic heterocycles. The third-order valence-electron chi connectivity index (χ3n) is 2.54. The molecule has 2 radical (unpaired) electrons. The molecule has 0 saturated carbocycles. The van der Waals surface area contributed by atoms with Crippen LogP contribution < -0.4 is 0 Å². The topological polar surface area (TPSA) is 0 Å². The minimum absolute atomic E-state index is 0. The third kappa shape index (κ3) is 2.62. The molecule has 0 spiro atoms. The Bertz CT molecular complexity index is 309. The predicted molar refractivity (Wildman–Crippen MR) is 59.2 cm³/mol. The molecule has 0 nitrogen and oxygen atoms in total. The second-order valence-corrected chi connectivity index (χ2v) is 3.35. The van der Waals surface area contributed by atoms with E-state index >= 15 is 0 Å². The van der Waals surface area contributed by atoms with Crippen molar-refractivity contribution in [2.24, 2.45) is 0 Å². The first-order chi connectivity index (χ1) is 6.65. The Balaban J connectivity index is 0.00000196. The molecule has 72 valence electrons. The quantitative estimate of drug-likeness (QED) is 0.520. The average Bonchev–Trinajstić information content (AvgIpc) is 2.16. The summed E-state index contributed by atoms with van der Waals surface area (Å²) in [5, 5.41) is 0. The van der Waals surface area contributed by atoms with Gasteiger partial charge in [0.1, 0.15) is 0 Å². The molecule has 0 bridgehead atoms. The average molecular weight is 410 g/mol. The van der Waals surface area contributed by atoms with Crippen LogP contribution in [0.25, 0.3) is 0 Å². The summed E-state index contributed by atoms with van der Waals surface area (Å²) in [6, 6.07) is 2.03. The van der Waals surface area contributed by atoms with Gasteiger partial charge in [-0.25, -0.2) is 0 Å². The van der Waals surface area contributed by atoms with Gasteiger partial charge in [-0.05, 0) is 13.3 Å². The molecule has 0 aromatic heterocycles. The van der Waals surface area contributed by atoms with Gasteiger partial charge in [-0.1, -0.05) is 25.0 Å². The molecular weight excluding hydrogens is 393 g/mol. The largest absolute Gasteiger partial charge is 0.198 e. The van der Waals surface area contributed by atoms with Crippen LogP contribution in [0.1, 0.15) is 36.1 Å². The van der Waals surface area contributed by atoms with Gasteiger partial charge in [0.2, 0.25) is 0 Å². The minimum atomic E-state index is 0. The summed E-state index contributed by atoms with van der Waals surface area (Å²) in [5.41, 5.74) is 5.66. The fourth-order valence-corrected chi connectivity index (χ4v) is 1.73. The molecule has 1 aromatic rings. The van der Waals surface area contributed by atoms with E-state index in [-0.39, 0.29) is 31.1 Å². The number of hydrogen-bond donors (Lipinski definition) is 0. The molecule has 2 heteroatoms. The molecule has 0 saturated heterocycles. The van der Waals surface area contributed by atoms with Crippen molar-refractivity contribution < 1.29 is 32.5 Å². The molecule has 0 unspecified atom stereocenters. The van der Waals surface area contributed by atoms with E-state index in [0.717, 1.165) is 23.1 Å². The predicted octanol–water partition coefficient (Wildman–Crippen LogP) is 2.72. The molecule has 0 aliphatic rings.